The van der Waals surface area contributed by atoms with Crippen LogP contribution in [0.5, 0.6) is 0 Å². The lowest BCUT2D eigenvalue weighted by molar-refractivity contribution is -0.385. The Balaban J connectivity index is 2.28. The number of nitrogens with zero attached hydrogens (tertiary/aromatic N) is 3. The Morgan fingerprint density at radius 2 is 2.35 bits per heavy atom. The van der Waals surface area contributed by atoms with Gasteiger partial charge in [0.1, 0.15) is 12.0 Å². The Labute approximate surface area is 123 Å². The summed E-state index contributed by atoms with van der Waals surface area (Å²) in [5.74, 6) is -0.289. The van der Waals surface area contributed by atoms with Gasteiger partial charge in [0.15, 0.2) is 0 Å². The molecule has 1 unspecified atom stereocenters. The lowest BCUT2D eigenvalue weighted by Gasteiger charge is -2.38. The van der Waals surface area contributed by atoms with Gasteiger partial charge in [-0.3, -0.25) is 14.9 Å². The molecule has 0 bridgehead atoms. The van der Waals surface area contributed by atoms with Gasteiger partial charge in [0.2, 0.25) is 0 Å². The minimum Gasteiger partial charge on any atom is -0.481 e. The summed E-state index contributed by atoms with van der Waals surface area (Å²) in [4.78, 5) is 27.5. The summed E-state index contributed by atoms with van der Waals surface area (Å²) in [6.07, 6.45) is 2.55. The number of aromatic nitrogens is 1. The number of hydrogen-bond acceptors (Lipinski definition) is 5. The first-order chi connectivity index (χ1) is 9.33. The van der Waals surface area contributed by atoms with Crippen LogP contribution in [-0.2, 0) is 4.79 Å². The van der Waals surface area contributed by atoms with Crippen LogP contribution in [0.4, 0.5) is 11.5 Å². The van der Waals surface area contributed by atoms with Gasteiger partial charge in [0.05, 0.1) is 14.8 Å². The van der Waals surface area contributed by atoms with Crippen LogP contribution < -0.4 is 4.90 Å². The fraction of sp³-hybridized carbons (Fsp3) is 0.500. The Kier molecular flexibility index (Phi) is 3.94. The second-order valence-corrected chi connectivity index (χ2v) is 6.00. The Morgan fingerprint density at radius 1 is 1.65 bits per heavy atom. The number of halogens is 1. The first-order valence-corrected chi connectivity index (χ1v) is 6.91. The standard InChI is InChI=1S/C12H14BrN3O4/c1-12(11(17)18)3-2-4-15(7-12)10-9(13)5-8(6-14-10)16(19)20/h5-6H,2-4,7H2,1H3,(H,17,18). The van der Waals surface area contributed by atoms with Crippen LogP contribution in [0.2, 0.25) is 0 Å². The predicted octanol–water partition coefficient (Wildman–Crippen LogP) is 2.44. The summed E-state index contributed by atoms with van der Waals surface area (Å²) < 4.78 is 0.501. The van der Waals surface area contributed by atoms with Gasteiger partial charge in [-0.1, -0.05) is 0 Å². The van der Waals surface area contributed by atoms with Crippen molar-refractivity contribution in [3.63, 3.8) is 0 Å². The molecule has 1 aliphatic heterocycles. The molecule has 108 valence electrons. The number of anilines is 1. The fourth-order valence-electron chi connectivity index (χ4n) is 2.35. The van der Waals surface area contributed by atoms with E-state index in [0.29, 0.717) is 29.8 Å². The van der Waals surface area contributed by atoms with Gasteiger partial charge in [-0.05, 0) is 35.7 Å². The van der Waals surface area contributed by atoms with Gasteiger partial charge in [0, 0.05) is 19.2 Å². The molecule has 2 rings (SSSR count). The molecule has 1 fully saturated rings. The van der Waals surface area contributed by atoms with Crippen LogP contribution in [-0.4, -0.2) is 34.1 Å². The number of nitro groups is 1. The number of rotatable bonds is 3. The normalized spacial score (nSPS) is 22.6. The lowest BCUT2D eigenvalue weighted by Crippen LogP contribution is -2.46. The fourth-order valence-corrected chi connectivity index (χ4v) is 2.94. The molecule has 2 heterocycles. The van der Waals surface area contributed by atoms with Crippen molar-refractivity contribution in [3.8, 4) is 0 Å². The summed E-state index contributed by atoms with van der Waals surface area (Å²) >= 11 is 3.27. The minimum absolute atomic E-state index is 0.0985. The molecule has 7 nitrogen and oxygen atoms in total. The molecule has 1 aliphatic rings. The average Bonchev–Trinajstić information content (AvgIpc) is 2.38. The maximum Gasteiger partial charge on any atom is 0.311 e. The molecule has 0 spiro atoms. The van der Waals surface area contributed by atoms with Gasteiger partial charge < -0.3 is 10.0 Å². The van der Waals surface area contributed by atoms with Crippen molar-refractivity contribution in [1.82, 2.24) is 4.98 Å². The van der Waals surface area contributed by atoms with E-state index in [9.17, 15) is 20.0 Å². The summed E-state index contributed by atoms with van der Waals surface area (Å²) in [7, 11) is 0. The first-order valence-electron chi connectivity index (χ1n) is 6.12. The number of piperidine rings is 1. The predicted molar refractivity (Wildman–Crippen MR) is 75.8 cm³/mol. The van der Waals surface area contributed by atoms with E-state index in [0.717, 1.165) is 6.42 Å². The molecule has 0 radical (unpaired) electrons. The Hall–Kier alpha value is -1.70. The second-order valence-electron chi connectivity index (χ2n) is 5.15. The van der Waals surface area contributed by atoms with Crippen LogP contribution in [0.15, 0.2) is 16.7 Å². The average molecular weight is 344 g/mol. The summed E-state index contributed by atoms with van der Waals surface area (Å²) in [6, 6.07) is 1.38. The zero-order chi connectivity index (χ0) is 14.9. The van der Waals surface area contributed by atoms with E-state index in [2.05, 4.69) is 20.9 Å². The summed E-state index contributed by atoms with van der Waals surface area (Å²) in [5.41, 5.74) is -0.917. The monoisotopic (exact) mass is 343 g/mol. The van der Waals surface area contributed by atoms with Crippen LogP contribution in [0.3, 0.4) is 0 Å². The second kappa shape index (κ2) is 5.35. The molecule has 1 saturated heterocycles. The Morgan fingerprint density at radius 3 is 2.90 bits per heavy atom. The number of pyridine rings is 1. The van der Waals surface area contributed by atoms with E-state index in [1.165, 1.54) is 12.3 Å². The van der Waals surface area contributed by atoms with Crippen LogP contribution in [0, 0.1) is 15.5 Å². The smallest absolute Gasteiger partial charge is 0.311 e. The van der Waals surface area contributed by atoms with Crippen LogP contribution >= 0.6 is 15.9 Å². The van der Waals surface area contributed by atoms with Crippen molar-refractivity contribution in [2.75, 3.05) is 18.0 Å². The molecular weight excluding hydrogens is 330 g/mol. The maximum absolute atomic E-state index is 11.3. The largest absolute Gasteiger partial charge is 0.481 e. The van der Waals surface area contributed by atoms with E-state index in [1.54, 1.807) is 6.92 Å². The van der Waals surface area contributed by atoms with E-state index in [1.807, 2.05) is 4.90 Å². The number of carboxylic acid groups (broad SMARTS) is 1. The van der Waals surface area contributed by atoms with Crippen molar-refractivity contribution in [3.05, 3.63) is 26.9 Å². The van der Waals surface area contributed by atoms with Crippen molar-refractivity contribution >= 4 is 33.4 Å². The van der Waals surface area contributed by atoms with Crippen molar-refractivity contribution in [1.29, 1.82) is 0 Å². The molecule has 0 saturated carbocycles. The van der Waals surface area contributed by atoms with Gasteiger partial charge in [0.25, 0.3) is 5.69 Å². The molecule has 1 N–H and O–H groups in total. The number of carboxylic acids is 1. The van der Waals surface area contributed by atoms with E-state index < -0.39 is 16.3 Å². The SMILES string of the molecule is CC1(C(=O)O)CCCN(c2ncc([N+](=O)[O-])cc2Br)C1. The molecular formula is C12H14BrN3O4. The highest BCUT2D eigenvalue weighted by Crippen LogP contribution is 2.35. The zero-order valence-electron chi connectivity index (χ0n) is 10.9. The highest BCUT2D eigenvalue weighted by Gasteiger charge is 2.38. The minimum atomic E-state index is -0.833. The van der Waals surface area contributed by atoms with E-state index >= 15 is 0 Å². The molecule has 0 aliphatic carbocycles. The van der Waals surface area contributed by atoms with Crippen LogP contribution in [0.1, 0.15) is 19.8 Å². The molecule has 1 atom stereocenters. The highest BCUT2D eigenvalue weighted by atomic mass is 79.9. The number of carbonyl (C=O) groups is 1. The third kappa shape index (κ3) is 2.74. The topological polar surface area (TPSA) is 96.6 Å². The third-order valence-corrected chi connectivity index (χ3v) is 4.11. The molecule has 20 heavy (non-hydrogen) atoms. The number of aliphatic carboxylic acids is 1. The first kappa shape index (κ1) is 14.7. The Bertz CT molecular complexity index is 566. The van der Waals surface area contributed by atoms with Gasteiger partial charge >= 0.3 is 5.97 Å². The number of hydrogen-bond donors (Lipinski definition) is 1. The lowest BCUT2D eigenvalue weighted by atomic mass is 9.82. The van der Waals surface area contributed by atoms with Gasteiger partial charge in [-0.25, -0.2) is 4.98 Å². The van der Waals surface area contributed by atoms with E-state index in [4.69, 9.17) is 0 Å². The van der Waals surface area contributed by atoms with Crippen molar-refractivity contribution in [2.45, 2.75) is 19.8 Å². The molecule has 8 heteroatoms. The van der Waals surface area contributed by atoms with Crippen molar-refractivity contribution in [2.24, 2.45) is 5.41 Å². The quantitative estimate of drug-likeness (QED) is 0.668. The van der Waals surface area contributed by atoms with E-state index in [-0.39, 0.29) is 5.69 Å². The third-order valence-electron chi connectivity index (χ3n) is 3.53. The van der Waals surface area contributed by atoms with Gasteiger partial charge in [-0.15, -0.1) is 0 Å². The summed E-state index contributed by atoms with van der Waals surface area (Å²) in [5, 5.41) is 20.0. The zero-order valence-corrected chi connectivity index (χ0v) is 12.5. The molecule has 1 aromatic rings. The van der Waals surface area contributed by atoms with Crippen LogP contribution in [0.25, 0.3) is 0 Å². The molecule has 0 amide bonds. The maximum atomic E-state index is 11.3. The van der Waals surface area contributed by atoms with Crippen molar-refractivity contribution < 1.29 is 14.8 Å². The molecule has 1 aromatic heterocycles. The summed E-state index contributed by atoms with van der Waals surface area (Å²) in [6.45, 7) is 2.73. The van der Waals surface area contributed by atoms with Gasteiger partial charge in [-0.2, -0.15) is 0 Å². The highest BCUT2D eigenvalue weighted by molar-refractivity contribution is 9.10. The molecule has 0 aromatic carbocycles.